The average Bonchev–Trinajstić information content (AvgIpc) is 2.72. The standard InChI is InChI=1S/C21H28N4O3/c1-17-15-24-19(16-23-17)21(27)25(12-9-18-7-4-3-5-8-18)13-10-20(26)22-11-6-14-28-2/h3-5,7-8,15-16H,6,9-14H2,1-2H3,(H,22,26). The first-order chi connectivity index (χ1) is 13.6. The van der Waals surface area contributed by atoms with Crippen LogP contribution >= 0.6 is 0 Å². The van der Waals surface area contributed by atoms with Crippen LogP contribution in [0.3, 0.4) is 0 Å². The van der Waals surface area contributed by atoms with Gasteiger partial charge < -0.3 is 15.0 Å². The summed E-state index contributed by atoms with van der Waals surface area (Å²) in [5.41, 5.74) is 2.18. The molecule has 0 atom stereocenters. The van der Waals surface area contributed by atoms with E-state index in [9.17, 15) is 9.59 Å². The Morgan fingerprint density at radius 2 is 1.89 bits per heavy atom. The summed E-state index contributed by atoms with van der Waals surface area (Å²) < 4.78 is 4.97. The molecule has 2 amide bonds. The topological polar surface area (TPSA) is 84.4 Å². The lowest BCUT2D eigenvalue weighted by atomic mass is 10.1. The number of rotatable bonds is 11. The summed E-state index contributed by atoms with van der Waals surface area (Å²) in [4.78, 5) is 34.9. The highest BCUT2D eigenvalue weighted by Gasteiger charge is 2.18. The lowest BCUT2D eigenvalue weighted by molar-refractivity contribution is -0.121. The molecule has 28 heavy (non-hydrogen) atoms. The van der Waals surface area contributed by atoms with Crippen LogP contribution in [-0.2, 0) is 16.0 Å². The maximum absolute atomic E-state index is 12.9. The molecule has 1 N–H and O–H groups in total. The lowest BCUT2D eigenvalue weighted by Crippen LogP contribution is -2.37. The number of methoxy groups -OCH3 is 1. The molecule has 0 aliphatic heterocycles. The molecular weight excluding hydrogens is 356 g/mol. The fourth-order valence-corrected chi connectivity index (χ4v) is 2.66. The quantitative estimate of drug-likeness (QED) is 0.599. The van der Waals surface area contributed by atoms with Gasteiger partial charge in [0.2, 0.25) is 5.91 Å². The van der Waals surface area contributed by atoms with E-state index in [2.05, 4.69) is 15.3 Å². The maximum atomic E-state index is 12.9. The second-order valence-electron chi connectivity index (χ2n) is 6.52. The number of hydrogen-bond acceptors (Lipinski definition) is 5. The van der Waals surface area contributed by atoms with Gasteiger partial charge in [0.25, 0.3) is 5.91 Å². The first-order valence-electron chi connectivity index (χ1n) is 9.47. The van der Waals surface area contributed by atoms with Crippen LogP contribution in [0.4, 0.5) is 0 Å². The Morgan fingerprint density at radius 3 is 2.57 bits per heavy atom. The van der Waals surface area contributed by atoms with Gasteiger partial charge in [0.1, 0.15) is 5.69 Å². The fourth-order valence-electron chi connectivity index (χ4n) is 2.66. The number of hydrogen-bond donors (Lipinski definition) is 1. The maximum Gasteiger partial charge on any atom is 0.274 e. The number of ether oxygens (including phenoxy) is 1. The van der Waals surface area contributed by atoms with Gasteiger partial charge in [-0.15, -0.1) is 0 Å². The van der Waals surface area contributed by atoms with Crippen LogP contribution in [0.1, 0.15) is 34.6 Å². The van der Waals surface area contributed by atoms with Gasteiger partial charge in [0, 0.05) is 46.0 Å². The highest BCUT2D eigenvalue weighted by molar-refractivity contribution is 5.92. The van der Waals surface area contributed by atoms with Crippen molar-refractivity contribution < 1.29 is 14.3 Å². The van der Waals surface area contributed by atoms with E-state index >= 15 is 0 Å². The second kappa shape index (κ2) is 11.8. The van der Waals surface area contributed by atoms with Gasteiger partial charge in [-0.3, -0.25) is 14.6 Å². The fraction of sp³-hybridized carbons (Fsp3) is 0.429. The minimum Gasteiger partial charge on any atom is -0.385 e. The third-order valence-electron chi connectivity index (χ3n) is 4.26. The molecule has 2 aromatic rings. The molecule has 1 aromatic carbocycles. The zero-order valence-electron chi connectivity index (χ0n) is 16.6. The molecule has 0 saturated carbocycles. The molecular formula is C21H28N4O3. The van der Waals surface area contributed by atoms with Crippen molar-refractivity contribution in [1.82, 2.24) is 20.2 Å². The average molecular weight is 384 g/mol. The number of nitrogens with zero attached hydrogens (tertiary/aromatic N) is 3. The summed E-state index contributed by atoms with van der Waals surface area (Å²) in [6, 6.07) is 9.96. The number of carbonyl (C=O) groups is 2. The third-order valence-corrected chi connectivity index (χ3v) is 4.26. The second-order valence-corrected chi connectivity index (χ2v) is 6.52. The molecule has 7 heteroatoms. The zero-order chi connectivity index (χ0) is 20.2. The van der Waals surface area contributed by atoms with Crippen molar-refractivity contribution in [2.24, 2.45) is 0 Å². The number of benzene rings is 1. The monoisotopic (exact) mass is 384 g/mol. The van der Waals surface area contributed by atoms with Crippen LogP contribution < -0.4 is 5.32 Å². The Balaban J connectivity index is 1.95. The molecule has 0 radical (unpaired) electrons. The molecule has 0 spiro atoms. The van der Waals surface area contributed by atoms with E-state index in [-0.39, 0.29) is 18.2 Å². The molecule has 1 heterocycles. The van der Waals surface area contributed by atoms with Crippen molar-refractivity contribution in [3.05, 3.63) is 59.7 Å². The molecule has 0 fully saturated rings. The summed E-state index contributed by atoms with van der Waals surface area (Å²) in [6.45, 7) is 3.83. The van der Waals surface area contributed by atoms with E-state index in [4.69, 9.17) is 4.74 Å². The molecule has 0 saturated heterocycles. The predicted molar refractivity (Wildman–Crippen MR) is 107 cm³/mol. The van der Waals surface area contributed by atoms with Crippen molar-refractivity contribution in [1.29, 1.82) is 0 Å². The molecule has 0 aliphatic rings. The van der Waals surface area contributed by atoms with E-state index in [1.54, 1.807) is 18.2 Å². The molecule has 2 rings (SSSR count). The minimum absolute atomic E-state index is 0.0800. The summed E-state index contributed by atoms with van der Waals surface area (Å²) in [5.74, 6) is -0.292. The molecule has 0 unspecified atom stereocenters. The molecule has 0 aliphatic carbocycles. The van der Waals surface area contributed by atoms with E-state index in [0.29, 0.717) is 38.4 Å². The normalized spacial score (nSPS) is 10.5. The summed E-state index contributed by atoms with van der Waals surface area (Å²) in [5, 5.41) is 2.85. The Morgan fingerprint density at radius 1 is 1.11 bits per heavy atom. The van der Waals surface area contributed by atoms with Crippen molar-refractivity contribution in [2.75, 3.05) is 33.4 Å². The van der Waals surface area contributed by atoms with Crippen LogP contribution in [0.25, 0.3) is 0 Å². The van der Waals surface area contributed by atoms with Crippen molar-refractivity contribution in [3.63, 3.8) is 0 Å². The Bertz CT molecular complexity index is 735. The van der Waals surface area contributed by atoms with E-state index < -0.39 is 0 Å². The third kappa shape index (κ3) is 7.44. The Kier molecular flexibility index (Phi) is 9.07. The van der Waals surface area contributed by atoms with Crippen LogP contribution in [-0.4, -0.2) is 60.0 Å². The lowest BCUT2D eigenvalue weighted by Gasteiger charge is -2.22. The smallest absolute Gasteiger partial charge is 0.274 e. The van der Waals surface area contributed by atoms with E-state index in [1.165, 1.54) is 6.20 Å². The van der Waals surface area contributed by atoms with Gasteiger partial charge in [-0.1, -0.05) is 30.3 Å². The van der Waals surface area contributed by atoms with Gasteiger partial charge in [0.15, 0.2) is 0 Å². The molecule has 1 aromatic heterocycles. The van der Waals surface area contributed by atoms with Gasteiger partial charge >= 0.3 is 0 Å². The summed E-state index contributed by atoms with van der Waals surface area (Å²) in [6.07, 6.45) is 4.77. The van der Waals surface area contributed by atoms with E-state index in [0.717, 1.165) is 17.7 Å². The summed E-state index contributed by atoms with van der Waals surface area (Å²) in [7, 11) is 1.63. The van der Waals surface area contributed by atoms with Gasteiger partial charge in [-0.25, -0.2) is 4.98 Å². The first-order valence-corrected chi connectivity index (χ1v) is 9.47. The van der Waals surface area contributed by atoms with Gasteiger partial charge in [0.05, 0.1) is 11.9 Å². The molecule has 0 bridgehead atoms. The Labute approximate surface area is 166 Å². The van der Waals surface area contributed by atoms with Crippen molar-refractivity contribution in [2.45, 2.75) is 26.2 Å². The SMILES string of the molecule is COCCCNC(=O)CCN(CCc1ccccc1)C(=O)c1cnc(C)cn1. The van der Waals surface area contributed by atoms with E-state index in [1.807, 2.05) is 37.3 Å². The van der Waals surface area contributed by atoms with Gasteiger partial charge in [-0.05, 0) is 25.3 Å². The Hall–Kier alpha value is -2.80. The van der Waals surface area contributed by atoms with Crippen LogP contribution in [0.2, 0.25) is 0 Å². The number of amides is 2. The van der Waals surface area contributed by atoms with Crippen LogP contribution in [0.5, 0.6) is 0 Å². The number of aryl methyl sites for hydroxylation is 1. The zero-order valence-corrected chi connectivity index (χ0v) is 16.6. The highest BCUT2D eigenvalue weighted by atomic mass is 16.5. The highest BCUT2D eigenvalue weighted by Crippen LogP contribution is 2.07. The molecule has 150 valence electrons. The predicted octanol–water partition coefficient (Wildman–Crippen LogP) is 2.01. The largest absolute Gasteiger partial charge is 0.385 e. The van der Waals surface area contributed by atoms with Gasteiger partial charge in [-0.2, -0.15) is 0 Å². The first kappa shape index (κ1) is 21.5. The molecule has 7 nitrogen and oxygen atoms in total. The minimum atomic E-state index is -0.212. The number of carbonyl (C=O) groups excluding carboxylic acids is 2. The number of aromatic nitrogens is 2. The summed E-state index contributed by atoms with van der Waals surface area (Å²) >= 11 is 0. The van der Waals surface area contributed by atoms with Crippen LogP contribution in [0, 0.1) is 6.92 Å². The van der Waals surface area contributed by atoms with Crippen molar-refractivity contribution in [3.8, 4) is 0 Å². The number of nitrogens with one attached hydrogen (secondary N) is 1. The van der Waals surface area contributed by atoms with Crippen molar-refractivity contribution >= 4 is 11.8 Å². The van der Waals surface area contributed by atoms with Crippen LogP contribution in [0.15, 0.2) is 42.7 Å².